The number of carbonyl (C=O) groups excluding carboxylic acids is 1. The second-order valence-electron chi connectivity index (χ2n) is 7.01. The largest absolute Gasteiger partial charge is 0.294 e. The van der Waals surface area contributed by atoms with Crippen LogP contribution in [0.4, 0.5) is 5.69 Å². The number of piperazine rings is 1. The van der Waals surface area contributed by atoms with Crippen molar-refractivity contribution in [3.05, 3.63) is 59.5 Å². The number of sulfonamides is 1. The summed E-state index contributed by atoms with van der Waals surface area (Å²) in [5.41, 5.74) is 1.68. The number of hydrogen-bond acceptors (Lipinski definition) is 5. The van der Waals surface area contributed by atoms with Gasteiger partial charge < -0.3 is 0 Å². The van der Waals surface area contributed by atoms with E-state index in [0.29, 0.717) is 37.1 Å². The normalized spacial score (nSPS) is 18.3. The lowest BCUT2D eigenvalue weighted by atomic mass is 10.1. The van der Waals surface area contributed by atoms with Crippen molar-refractivity contribution in [2.24, 2.45) is 0 Å². The molecular weight excluding hydrogens is 394 g/mol. The first kappa shape index (κ1) is 17.8. The molecule has 1 amide bonds. The van der Waals surface area contributed by atoms with Crippen molar-refractivity contribution in [2.75, 3.05) is 37.7 Å². The van der Waals surface area contributed by atoms with Crippen LogP contribution in [0.25, 0.3) is 10.8 Å². The SMILES string of the molecule is O=C1c2cccc3cccc(c23)N1CN1CCN(S(=O)(=O)c2cccs2)CC1. The van der Waals surface area contributed by atoms with Crippen molar-refractivity contribution < 1.29 is 13.2 Å². The maximum atomic E-state index is 12.9. The minimum absolute atomic E-state index is 0.0143. The van der Waals surface area contributed by atoms with E-state index >= 15 is 0 Å². The third-order valence-corrected chi connectivity index (χ3v) is 8.68. The molecular formula is C20H19N3O3S2. The van der Waals surface area contributed by atoms with Gasteiger partial charge in [0.1, 0.15) is 4.21 Å². The van der Waals surface area contributed by atoms with Crippen molar-refractivity contribution in [1.82, 2.24) is 9.21 Å². The van der Waals surface area contributed by atoms with E-state index < -0.39 is 10.0 Å². The van der Waals surface area contributed by atoms with E-state index in [1.54, 1.807) is 22.4 Å². The molecule has 0 saturated carbocycles. The Labute approximate surface area is 167 Å². The van der Waals surface area contributed by atoms with Gasteiger partial charge in [-0.2, -0.15) is 4.31 Å². The summed E-state index contributed by atoms with van der Waals surface area (Å²) in [4.78, 5) is 16.9. The van der Waals surface area contributed by atoms with E-state index in [9.17, 15) is 13.2 Å². The lowest BCUT2D eigenvalue weighted by Gasteiger charge is -2.35. The van der Waals surface area contributed by atoms with Crippen LogP contribution in [0.15, 0.2) is 58.1 Å². The summed E-state index contributed by atoms with van der Waals surface area (Å²) in [6.07, 6.45) is 0. The maximum Gasteiger partial charge on any atom is 0.260 e. The van der Waals surface area contributed by atoms with Crippen molar-refractivity contribution in [3.8, 4) is 0 Å². The van der Waals surface area contributed by atoms with Gasteiger partial charge in [-0.25, -0.2) is 8.42 Å². The third-order valence-electron chi connectivity index (χ3n) is 5.41. The van der Waals surface area contributed by atoms with Crippen molar-refractivity contribution in [3.63, 3.8) is 0 Å². The second-order valence-corrected chi connectivity index (χ2v) is 10.1. The molecule has 0 unspecified atom stereocenters. The second kappa shape index (κ2) is 6.66. The zero-order chi connectivity index (χ0) is 19.3. The fourth-order valence-electron chi connectivity index (χ4n) is 3.97. The molecule has 8 heteroatoms. The fourth-order valence-corrected chi connectivity index (χ4v) is 6.54. The van der Waals surface area contributed by atoms with E-state index in [4.69, 9.17) is 0 Å². The highest BCUT2D eigenvalue weighted by Gasteiger charge is 2.33. The van der Waals surface area contributed by atoms with Crippen LogP contribution in [0, 0.1) is 0 Å². The van der Waals surface area contributed by atoms with Gasteiger partial charge in [0.25, 0.3) is 15.9 Å². The number of thiophene rings is 1. The number of rotatable bonds is 4. The van der Waals surface area contributed by atoms with E-state index in [-0.39, 0.29) is 5.91 Å². The molecule has 0 spiro atoms. The monoisotopic (exact) mass is 413 g/mol. The molecule has 3 aromatic rings. The van der Waals surface area contributed by atoms with Gasteiger partial charge in [0, 0.05) is 37.1 Å². The number of amides is 1. The quantitative estimate of drug-likeness (QED) is 0.660. The first-order chi connectivity index (χ1) is 13.6. The molecule has 0 N–H and O–H groups in total. The molecule has 2 aliphatic rings. The molecule has 2 aromatic carbocycles. The predicted molar refractivity (Wildman–Crippen MR) is 110 cm³/mol. The van der Waals surface area contributed by atoms with Gasteiger partial charge in [-0.15, -0.1) is 11.3 Å². The van der Waals surface area contributed by atoms with Gasteiger partial charge in [-0.05, 0) is 29.0 Å². The van der Waals surface area contributed by atoms with Crippen molar-refractivity contribution in [1.29, 1.82) is 0 Å². The van der Waals surface area contributed by atoms with Crippen LogP contribution in [-0.2, 0) is 10.0 Å². The van der Waals surface area contributed by atoms with Crippen LogP contribution in [-0.4, -0.2) is 56.4 Å². The number of benzene rings is 2. The van der Waals surface area contributed by atoms with Crippen molar-refractivity contribution in [2.45, 2.75) is 4.21 Å². The Kier molecular flexibility index (Phi) is 4.24. The molecule has 5 rings (SSSR count). The number of hydrogen-bond donors (Lipinski definition) is 0. The third kappa shape index (κ3) is 2.76. The Morgan fingerprint density at radius 2 is 1.68 bits per heavy atom. The summed E-state index contributed by atoms with van der Waals surface area (Å²) in [6.45, 7) is 2.53. The summed E-state index contributed by atoms with van der Waals surface area (Å²) < 4.78 is 27.3. The first-order valence-electron chi connectivity index (χ1n) is 9.15. The topological polar surface area (TPSA) is 60.9 Å². The molecule has 2 aliphatic heterocycles. The molecule has 1 aromatic heterocycles. The molecule has 0 atom stereocenters. The van der Waals surface area contributed by atoms with Crippen LogP contribution in [0.3, 0.4) is 0 Å². The Morgan fingerprint density at radius 3 is 2.39 bits per heavy atom. The Hall–Kier alpha value is -2.26. The van der Waals surface area contributed by atoms with Gasteiger partial charge in [-0.1, -0.05) is 30.3 Å². The summed E-state index contributed by atoms with van der Waals surface area (Å²) in [7, 11) is -3.41. The highest BCUT2D eigenvalue weighted by molar-refractivity contribution is 7.91. The predicted octanol–water partition coefficient (Wildman–Crippen LogP) is 2.83. The Morgan fingerprint density at radius 1 is 0.929 bits per heavy atom. The summed E-state index contributed by atoms with van der Waals surface area (Å²) in [5, 5.41) is 3.85. The van der Waals surface area contributed by atoms with Crippen LogP contribution < -0.4 is 4.90 Å². The van der Waals surface area contributed by atoms with Crippen LogP contribution in [0.5, 0.6) is 0 Å². The van der Waals surface area contributed by atoms with Gasteiger partial charge >= 0.3 is 0 Å². The minimum atomic E-state index is -3.41. The van der Waals surface area contributed by atoms with Gasteiger partial charge in [0.2, 0.25) is 0 Å². The van der Waals surface area contributed by atoms with Crippen molar-refractivity contribution >= 4 is 43.7 Å². The summed E-state index contributed by atoms with van der Waals surface area (Å²) in [6, 6.07) is 15.2. The molecule has 0 aliphatic carbocycles. The Bertz CT molecular complexity index is 1150. The zero-order valence-electron chi connectivity index (χ0n) is 15.1. The van der Waals surface area contributed by atoms with Gasteiger partial charge in [0.05, 0.1) is 12.4 Å². The molecule has 3 heterocycles. The van der Waals surface area contributed by atoms with Crippen LogP contribution in [0.1, 0.15) is 10.4 Å². The number of nitrogens with zero attached hydrogens (tertiary/aromatic N) is 3. The number of anilines is 1. The van der Waals surface area contributed by atoms with Gasteiger partial charge in [-0.3, -0.25) is 14.6 Å². The number of carbonyl (C=O) groups is 1. The molecule has 1 saturated heterocycles. The van der Waals surface area contributed by atoms with E-state index in [0.717, 1.165) is 22.0 Å². The highest BCUT2D eigenvalue weighted by atomic mass is 32.2. The molecule has 144 valence electrons. The maximum absolute atomic E-state index is 12.9. The standard InChI is InChI=1S/C20H19N3O3S2/c24-20-16-6-1-4-15-5-2-7-17(19(15)16)23(20)14-21-9-11-22(12-10-21)28(25,26)18-8-3-13-27-18/h1-8,13H,9-12,14H2. The van der Waals surface area contributed by atoms with Crippen LogP contribution >= 0.6 is 11.3 Å². The highest BCUT2D eigenvalue weighted by Crippen LogP contribution is 2.37. The lowest BCUT2D eigenvalue weighted by Crippen LogP contribution is -2.52. The molecule has 6 nitrogen and oxygen atoms in total. The van der Waals surface area contributed by atoms with E-state index in [2.05, 4.69) is 4.90 Å². The average Bonchev–Trinajstić information content (AvgIpc) is 3.34. The smallest absolute Gasteiger partial charge is 0.260 e. The molecule has 0 bridgehead atoms. The molecule has 1 fully saturated rings. The molecule has 28 heavy (non-hydrogen) atoms. The minimum Gasteiger partial charge on any atom is -0.294 e. The average molecular weight is 414 g/mol. The zero-order valence-corrected chi connectivity index (χ0v) is 16.7. The lowest BCUT2D eigenvalue weighted by molar-refractivity contribution is 0.0963. The fraction of sp³-hybridized carbons (Fsp3) is 0.250. The first-order valence-corrected chi connectivity index (χ1v) is 11.5. The van der Waals surface area contributed by atoms with E-state index in [1.807, 2.05) is 36.4 Å². The Balaban J connectivity index is 1.32. The molecule has 0 radical (unpaired) electrons. The van der Waals surface area contributed by atoms with Crippen LogP contribution in [0.2, 0.25) is 0 Å². The van der Waals surface area contributed by atoms with Gasteiger partial charge in [0.15, 0.2) is 0 Å². The summed E-state index contributed by atoms with van der Waals surface area (Å²) in [5.74, 6) is 0.0143. The summed E-state index contributed by atoms with van der Waals surface area (Å²) >= 11 is 1.24. The van der Waals surface area contributed by atoms with E-state index in [1.165, 1.54) is 15.6 Å².